The summed E-state index contributed by atoms with van der Waals surface area (Å²) in [4.78, 5) is 76.4. The Bertz CT molecular complexity index is 1880. The summed E-state index contributed by atoms with van der Waals surface area (Å²) in [5.74, 6) is -2.13. The highest BCUT2D eigenvalue weighted by Gasteiger charge is 2.28. The third kappa shape index (κ3) is 62.0. The predicted molar refractivity (Wildman–Crippen MR) is 359 cm³/mol. The summed E-state index contributed by atoms with van der Waals surface area (Å²) in [7, 11) is 17.4. The number of aliphatic hydroxyl groups excluding tert-OH is 3. The SMILES string of the molecule is CCCCCC(OC(=O)C[N+](C)(C)C)C(O)C/C=C/CCCCCCCC(=O)OCC(COC(=O)CCCCCCC/C=C/CC(O)C(CCCCC)OC(=O)C[N+](C)(C)C)OC(=O)CCCCCCC/C=C/CC(O)C(CCCCC)OC(=O)C[N+](C)(C)C.[Cl-].[Cl-].[Cl-]. The Morgan fingerprint density at radius 2 is 0.581 bits per heavy atom. The fourth-order valence-electron chi connectivity index (χ4n) is 10.1. The largest absolute Gasteiger partial charge is 1.00 e. The molecule has 0 fully saturated rings. The maximum Gasteiger partial charge on any atom is 0.362 e. The summed E-state index contributed by atoms with van der Waals surface area (Å²) in [6, 6.07) is 0. The lowest BCUT2D eigenvalue weighted by Gasteiger charge is -2.26. The number of aliphatic hydroxyl groups is 3. The molecular formula is C72H134Cl3N3O15. The summed E-state index contributed by atoms with van der Waals surface area (Å²) in [5.41, 5.74) is 0. The quantitative estimate of drug-likeness (QED) is 0.0260. The number of rotatable bonds is 59. The molecule has 0 aromatic rings. The predicted octanol–water partition coefficient (Wildman–Crippen LogP) is 3.71. The van der Waals surface area contributed by atoms with E-state index in [1.54, 1.807) is 0 Å². The molecule has 0 rings (SSSR count). The first-order chi connectivity index (χ1) is 42.7. The molecule has 0 bridgehead atoms. The van der Waals surface area contributed by atoms with E-state index in [9.17, 15) is 44.1 Å². The van der Waals surface area contributed by atoms with E-state index in [0.29, 0.717) is 71.2 Å². The van der Waals surface area contributed by atoms with Crippen molar-refractivity contribution in [3.63, 3.8) is 0 Å². The number of esters is 6. The van der Waals surface area contributed by atoms with Crippen molar-refractivity contribution in [2.24, 2.45) is 0 Å². The lowest BCUT2D eigenvalue weighted by Crippen LogP contribution is -3.00. The van der Waals surface area contributed by atoms with Crippen LogP contribution in [0.15, 0.2) is 36.5 Å². The van der Waals surface area contributed by atoms with Gasteiger partial charge in [-0.1, -0.05) is 154 Å². The number of likely N-dealkylation sites (N-methyl/N-ethyl adjacent to an activating group) is 3. The fourth-order valence-corrected chi connectivity index (χ4v) is 10.1. The highest BCUT2D eigenvalue weighted by atomic mass is 35.5. The molecule has 6 unspecified atom stereocenters. The van der Waals surface area contributed by atoms with Gasteiger partial charge in [-0.2, -0.15) is 0 Å². The minimum atomic E-state index is -0.926. The maximum absolute atomic E-state index is 13.1. The molecule has 0 heterocycles. The van der Waals surface area contributed by atoms with E-state index >= 15 is 0 Å². The Balaban J connectivity index is -0.0000132. The highest BCUT2D eigenvalue weighted by Crippen LogP contribution is 2.20. The second-order valence-electron chi connectivity index (χ2n) is 28.1. The van der Waals surface area contributed by atoms with Crippen LogP contribution in [0.5, 0.6) is 0 Å². The van der Waals surface area contributed by atoms with Crippen LogP contribution >= 0.6 is 0 Å². The zero-order chi connectivity index (χ0) is 67.5. The van der Waals surface area contributed by atoms with Gasteiger partial charge in [0.1, 0.15) is 31.5 Å². The number of hydrogen-bond donors (Lipinski definition) is 3. The molecule has 0 saturated heterocycles. The summed E-state index contributed by atoms with van der Waals surface area (Å²) in [6.07, 6.45) is 35.8. The standard InChI is InChI=1S/C72H134N3O15.3ClH/c1-13-16-37-49-64(88-70(82)55-73(4,5)6)61(76)46-40-31-25-19-22-28-34-43-52-67(79)85-58-60(87-69(81)54-45-36-30-24-21-27-33-42-48-63(78)66(51-39-18-15-3)90-72(84)57-75(10,11)12)59-86-68(80)53-44-35-29-23-20-26-32-41-47-62(77)65(50-38-17-14-2)89-71(83)56-74(7,8)9;;;/h31-33,40-42,60-66,76-78H,13-30,34-39,43-59H2,1-12H3;3*1H/q+3;;;/p-3/b40-31+,41-32+,42-33+;;;. The third-order valence-electron chi connectivity index (χ3n) is 15.3. The zero-order valence-electron chi connectivity index (χ0n) is 60.2. The van der Waals surface area contributed by atoms with Crippen molar-refractivity contribution in [1.29, 1.82) is 0 Å². The van der Waals surface area contributed by atoms with Crippen LogP contribution in [-0.4, -0.2) is 204 Å². The molecule has 18 nitrogen and oxygen atoms in total. The van der Waals surface area contributed by atoms with Crippen LogP contribution < -0.4 is 37.2 Å². The van der Waals surface area contributed by atoms with Crippen molar-refractivity contribution < 1.29 is 123 Å². The van der Waals surface area contributed by atoms with Crippen LogP contribution in [0.25, 0.3) is 0 Å². The van der Waals surface area contributed by atoms with Gasteiger partial charge in [0.05, 0.1) is 81.7 Å². The van der Waals surface area contributed by atoms with E-state index < -0.39 is 60.6 Å². The van der Waals surface area contributed by atoms with Crippen molar-refractivity contribution >= 4 is 35.8 Å². The number of ether oxygens (including phenoxy) is 6. The van der Waals surface area contributed by atoms with Gasteiger partial charge >= 0.3 is 35.8 Å². The monoisotopic (exact) mass is 1390 g/mol. The van der Waals surface area contributed by atoms with Crippen molar-refractivity contribution in [3.8, 4) is 0 Å². The summed E-state index contributed by atoms with van der Waals surface area (Å²) < 4.78 is 35.5. The second-order valence-corrected chi connectivity index (χ2v) is 28.1. The molecule has 0 saturated carbocycles. The Labute approximate surface area is 583 Å². The average molecular weight is 1390 g/mol. The van der Waals surface area contributed by atoms with E-state index in [-0.39, 0.29) is 107 Å². The van der Waals surface area contributed by atoms with Crippen molar-refractivity contribution in [2.75, 3.05) is 96.3 Å². The lowest BCUT2D eigenvalue weighted by atomic mass is 10.0. The number of halogens is 3. The molecular weight excluding hydrogens is 1250 g/mol. The molecule has 548 valence electrons. The molecule has 21 heteroatoms. The lowest BCUT2D eigenvalue weighted by molar-refractivity contribution is -0.862. The number of quaternary nitrogens is 3. The van der Waals surface area contributed by atoms with E-state index in [1.165, 1.54) is 0 Å². The molecule has 0 aliphatic carbocycles. The van der Waals surface area contributed by atoms with E-state index in [0.717, 1.165) is 154 Å². The Hall–Kier alpha value is -3.33. The summed E-state index contributed by atoms with van der Waals surface area (Å²) in [6.45, 7) is 6.67. The molecule has 3 N–H and O–H groups in total. The zero-order valence-corrected chi connectivity index (χ0v) is 62.5. The van der Waals surface area contributed by atoms with Crippen LogP contribution in [0.1, 0.15) is 252 Å². The molecule has 0 spiro atoms. The van der Waals surface area contributed by atoms with Crippen molar-refractivity contribution in [1.82, 2.24) is 0 Å². The van der Waals surface area contributed by atoms with Crippen molar-refractivity contribution in [3.05, 3.63) is 36.5 Å². The van der Waals surface area contributed by atoms with Crippen LogP contribution in [0.4, 0.5) is 0 Å². The van der Waals surface area contributed by atoms with Gasteiger partial charge in [-0.05, 0) is 116 Å². The first kappa shape index (κ1) is 96.1. The van der Waals surface area contributed by atoms with Crippen LogP contribution in [0, 0.1) is 0 Å². The minimum absolute atomic E-state index is 0. The number of nitrogens with zero attached hydrogens (tertiary/aromatic N) is 3. The van der Waals surface area contributed by atoms with Gasteiger partial charge in [0.15, 0.2) is 25.7 Å². The van der Waals surface area contributed by atoms with Gasteiger partial charge in [-0.3, -0.25) is 14.4 Å². The number of carbonyl (C=O) groups excluding carboxylic acids is 6. The maximum atomic E-state index is 13.1. The van der Waals surface area contributed by atoms with E-state index in [1.807, 2.05) is 81.7 Å². The smallest absolute Gasteiger partial charge is 0.362 e. The molecule has 93 heavy (non-hydrogen) atoms. The molecule has 0 aromatic carbocycles. The normalized spacial score (nSPS) is 14.2. The highest BCUT2D eigenvalue weighted by molar-refractivity contribution is 5.72. The van der Waals surface area contributed by atoms with E-state index in [4.69, 9.17) is 28.4 Å². The number of unbranched alkanes of at least 4 members (excludes halogenated alkanes) is 21. The second kappa shape index (κ2) is 59.9. The molecule has 0 amide bonds. The minimum Gasteiger partial charge on any atom is -1.00 e. The third-order valence-corrected chi connectivity index (χ3v) is 15.3. The Morgan fingerprint density at radius 3 is 0.849 bits per heavy atom. The van der Waals surface area contributed by atoms with Gasteiger partial charge in [0.2, 0.25) is 0 Å². The fraction of sp³-hybridized carbons (Fsp3) is 0.833. The number of carbonyl (C=O) groups is 6. The van der Waals surface area contributed by atoms with Crippen LogP contribution in [-0.2, 0) is 57.2 Å². The van der Waals surface area contributed by atoms with Gasteiger partial charge < -0.3 is 94.4 Å². The van der Waals surface area contributed by atoms with E-state index in [2.05, 4.69) is 39.0 Å². The van der Waals surface area contributed by atoms with Gasteiger partial charge in [-0.15, -0.1) is 0 Å². The van der Waals surface area contributed by atoms with Crippen molar-refractivity contribution in [2.45, 2.75) is 295 Å². The van der Waals surface area contributed by atoms with Gasteiger partial charge in [0.25, 0.3) is 0 Å². The Morgan fingerprint density at radius 1 is 0.323 bits per heavy atom. The summed E-state index contributed by atoms with van der Waals surface area (Å²) >= 11 is 0. The number of allylic oxidation sites excluding steroid dienone is 3. The number of hydrogen-bond acceptors (Lipinski definition) is 15. The molecule has 0 aromatic heterocycles. The first-order valence-electron chi connectivity index (χ1n) is 35.2. The first-order valence-corrected chi connectivity index (χ1v) is 35.2. The Kier molecular flexibility index (Phi) is 61.9. The molecule has 0 aliphatic heterocycles. The van der Waals surface area contributed by atoms with Crippen LogP contribution in [0.2, 0.25) is 0 Å². The van der Waals surface area contributed by atoms with Gasteiger partial charge in [-0.25, -0.2) is 14.4 Å². The summed E-state index contributed by atoms with van der Waals surface area (Å²) in [5, 5.41) is 32.7. The topological polar surface area (TPSA) is 218 Å². The molecule has 6 atom stereocenters. The van der Waals surface area contributed by atoms with Crippen LogP contribution in [0.3, 0.4) is 0 Å². The van der Waals surface area contributed by atoms with Gasteiger partial charge in [0, 0.05) is 19.3 Å². The molecule has 0 radical (unpaired) electrons. The average Bonchev–Trinajstić information content (AvgIpc) is 2.88. The molecule has 0 aliphatic rings.